The largest absolute Gasteiger partial charge is 0.468 e. The molecule has 2 aromatic heterocycles. The Balaban J connectivity index is 1.67. The fourth-order valence-corrected chi connectivity index (χ4v) is 3.07. The average Bonchev–Trinajstić information content (AvgIpc) is 2.84. The van der Waals surface area contributed by atoms with E-state index in [1.54, 1.807) is 27.9 Å². The van der Waals surface area contributed by atoms with E-state index in [1.807, 2.05) is 31.2 Å². The third kappa shape index (κ3) is 3.39. The normalized spacial score (nSPS) is 10.7. The van der Waals surface area contributed by atoms with Gasteiger partial charge in [-0.2, -0.15) is 0 Å². The molecule has 2 nitrogen and oxygen atoms in total. The van der Waals surface area contributed by atoms with Crippen molar-refractivity contribution in [2.24, 2.45) is 0 Å². The van der Waals surface area contributed by atoms with Crippen LogP contribution in [-0.2, 0) is 11.5 Å². The van der Waals surface area contributed by atoms with E-state index < -0.39 is 0 Å². The van der Waals surface area contributed by atoms with Crippen molar-refractivity contribution < 1.29 is 8.83 Å². The summed E-state index contributed by atoms with van der Waals surface area (Å²) in [7, 11) is 3.56. The summed E-state index contributed by atoms with van der Waals surface area (Å²) in [5.41, 5.74) is 0. The zero-order valence-electron chi connectivity index (χ0n) is 8.43. The van der Waals surface area contributed by atoms with E-state index >= 15 is 0 Å². The highest BCUT2D eigenvalue weighted by Gasteiger charge is 2.00. The maximum Gasteiger partial charge on any atom is 0.114 e. The fourth-order valence-electron chi connectivity index (χ4n) is 1.16. The molecule has 0 unspecified atom stereocenters. The van der Waals surface area contributed by atoms with Crippen molar-refractivity contribution in [2.75, 3.05) is 0 Å². The first-order chi connectivity index (χ1) is 7.34. The van der Waals surface area contributed by atoms with Gasteiger partial charge in [-0.3, -0.25) is 0 Å². The quantitative estimate of drug-likeness (QED) is 0.576. The van der Waals surface area contributed by atoms with Crippen molar-refractivity contribution >= 4 is 21.6 Å². The van der Waals surface area contributed by atoms with Gasteiger partial charge in [0.2, 0.25) is 0 Å². The van der Waals surface area contributed by atoms with Crippen molar-refractivity contribution in [1.82, 2.24) is 0 Å². The van der Waals surface area contributed by atoms with Crippen LogP contribution in [0.1, 0.15) is 17.3 Å². The maximum absolute atomic E-state index is 5.46. The highest BCUT2D eigenvalue weighted by molar-refractivity contribution is 8.76. The van der Waals surface area contributed by atoms with Crippen LogP contribution in [0.3, 0.4) is 0 Å². The van der Waals surface area contributed by atoms with E-state index in [9.17, 15) is 0 Å². The Morgan fingerprint density at radius 1 is 1.07 bits per heavy atom. The monoisotopic (exact) mass is 240 g/mol. The first-order valence-corrected chi connectivity index (χ1v) is 7.15. The van der Waals surface area contributed by atoms with Crippen molar-refractivity contribution in [3.8, 4) is 0 Å². The molecule has 0 aromatic carbocycles. The van der Waals surface area contributed by atoms with Gasteiger partial charge in [-0.05, 0) is 31.2 Å². The summed E-state index contributed by atoms with van der Waals surface area (Å²) in [5, 5.41) is 0. The third-order valence-electron chi connectivity index (χ3n) is 1.86. The fraction of sp³-hybridized carbons (Fsp3) is 0.273. The highest BCUT2D eigenvalue weighted by Crippen LogP contribution is 2.29. The van der Waals surface area contributed by atoms with E-state index in [4.69, 9.17) is 8.83 Å². The van der Waals surface area contributed by atoms with Crippen LogP contribution in [0.25, 0.3) is 0 Å². The molecule has 0 aliphatic carbocycles. The Hall–Kier alpha value is -0.740. The molecule has 0 saturated carbocycles. The van der Waals surface area contributed by atoms with E-state index in [0.29, 0.717) is 0 Å². The van der Waals surface area contributed by atoms with Gasteiger partial charge >= 0.3 is 0 Å². The second kappa shape index (κ2) is 5.37. The molecular formula is C11H12O2S2. The Morgan fingerprint density at radius 3 is 2.47 bits per heavy atom. The van der Waals surface area contributed by atoms with Gasteiger partial charge in [0.05, 0.1) is 17.8 Å². The molecule has 2 aromatic rings. The number of hydrogen-bond donors (Lipinski definition) is 0. The van der Waals surface area contributed by atoms with E-state index in [0.717, 1.165) is 28.8 Å². The van der Waals surface area contributed by atoms with Crippen LogP contribution in [0, 0.1) is 6.92 Å². The van der Waals surface area contributed by atoms with Gasteiger partial charge in [-0.15, -0.1) is 0 Å². The molecule has 2 heterocycles. The minimum atomic E-state index is 0.900. The lowest BCUT2D eigenvalue weighted by atomic mass is 10.5. The summed E-state index contributed by atoms with van der Waals surface area (Å²) in [6.45, 7) is 1.96. The van der Waals surface area contributed by atoms with Crippen LogP contribution in [0.4, 0.5) is 0 Å². The van der Waals surface area contributed by atoms with Crippen LogP contribution in [0.5, 0.6) is 0 Å². The Kier molecular flexibility index (Phi) is 3.86. The first kappa shape index (κ1) is 10.8. The van der Waals surface area contributed by atoms with Gasteiger partial charge < -0.3 is 8.83 Å². The summed E-state index contributed by atoms with van der Waals surface area (Å²) in [6.07, 6.45) is 1.70. The molecule has 0 spiro atoms. The summed E-state index contributed by atoms with van der Waals surface area (Å²) in [5.74, 6) is 4.82. The highest BCUT2D eigenvalue weighted by atomic mass is 33.1. The average molecular weight is 240 g/mol. The van der Waals surface area contributed by atoms with Gasteiger partial charge in [0.1, 0.15) is 17.3 Å². The van der Waals surface area contributed by atoms with Crippen LogP contribution >= 0.6 is 21.6 Å². The lowest BCUT2D eigenvalue weighted by molar-refractivity contribution is 0.501. The number of rotatable bonds is 5. The van der Waals surface area contributed by atoms with Crippen LogP contribution in [0.2, 0.25) is 0 Å². The predicted octanol–water partition coefficient (Wildman–Crippen LogP) is 4.26. The first-order valence-electron chi connectivity index (χ1n) is 4.67. The van der Waals surface area contributed by atoms with Gasteiger partial charge in [-0.25, -0.2) is 0 Å². The molecule has 0 atom stereocenters. The molecule has 0 radical (unpaired) electrons. The van der Waals surface area contributed by atoms with Crippen molar-refractivity contribution in [3.05, 3.63) is 47.8 Å². The molecular weight excluding hydrogens is 228 g/mol. The van der Waals surface area contributed by atoms with Gasteiger partial charge in [0, 0.05) is 0 Å². The minimum Gasteiger partial charge on any atom is -0.468 e. The van der Waals surface area contributed by atoms with Crippen molar-refractivity contribution in [1.29, 1.82) is 0 Å². The molecule has 0 fully saturated rings. The van der Waals surface area contributed by atoms with E-state index in [-0.39, 0.29) is 0 Å². The van der Waals surface area contributed by atoms with Crippen molar-refractivity contribution in [2.45, 2.75) is 18.4 Å². The van der Waals surface area contributed by atoms with Gasteiger partial charge in [0.25, 0.3) is 0 Å². The molecule has 80 valence electrons. The Morgan fingerprint density at radius 2 is 1.87 bits per heavy atom. The molecule has 0 amide bonds. The zero-order chi connectivity index (χ0) is 10.5. The lowest BCUT2D eigenvalue weighted by Gasteiger charge is -1.96. The minimum absolute atomic E-state index is 0.900. The summed E-state index contributed by atoms with van der Waals surface area (Å²) >= 11 is 0. The van der Waals surface area contributed by atoms with E-state index in [1.165, 1.54) is 0 Å². The molecule has 0 N–H and O–H groups in total. The summed E-state index contributed by atoms with van der Waals surface area (Å²) in [6, 6.07) is 7.92. The number of aryl methyl sites for hydroxylation is 1. The molecule has 2 rings (SSSR count). The lowest BCUT2D eigenvalue weighted by Crippen LogP contribution is -1.73. The Bertz CT molecular complexity index is 392. The van der Waals surface area contributed by atoms with Crippen LogP contribution in [-0.4, -0.2) is 0 Å². The van der Waals surface area contributed by atoms with Gasteiger partial charge in [0.15, 0.2) is 0 Å². The Labute approximate surface area is 96.8 Å². The smallest absolute Gasteiger partial charge is 0.114 e. The second-order valence-electron chi connectivity index (χ2n) is 3.12. The number of hydrogen-bond acceptors (Lipinski definition) is 4. The molecule has 0 bridgehead atoms. The SMILES string of the molecule is Cc1ccc(CSSCc2ccco2)o1. The standard InChI is InChI=1S/C11H12O2S2/c1-9-4-5-11(13-9)8-15-14-7-10-3-2-6-12-10/h2-6H,7-8H2,1H3. The van der Waals surface area contributed by atoms with Crippen LogP contribution < -0.4 is 0 Å². The number of furan rings is 2. The van der Waals surface area contributed by atoms with Crippen LogP contribution in [0.15, 0.2) is 39.4 Å². The molecule has 15 heavy (non-hydrogen) atoms. The second-order valence-corrected chi connectivity index (χ2v) is 5.58. The van der Waals surface area contributed by atoms with Gasteiger partial charge in [-0.1, -0.05) is 21.6 Å². The summed E-state index contributed by atoms with van der Waals surface area (Å²) in [4.78, 5) is 0. The van der Waals surface area contributed by atoms with Crippen molar-refractivity contribution in [3.63, 3.8) is 0 Å². The molecule has 0 aliphatic rings. The third-order valence-corrected chi connectivity index (χ3v) is 4.04. The summed E-state index contributed by atoms with van der Waals surface area (Å²) < 4.78 is 10.7. The maximum atomic E-state index is 5.46. The molecule has 0 saturated heterocycles. The topological polar surface area (TPSA) is 26.3 Å². The molecule has 0 aliphatic heterocycles. The zero-order valence-corrected chi connectivity index (χ0v) is 10.1. The van der Waals surface area contributed by atoms with E-state index in [2.05, 4.69) is 0 Å². The molecule has 4 heteroatoms. The predicted molar refractivity (Wildman–Crippen MR) is 64.7 cm³/mol.